The molecule has 2 aromatic heterocycles. The van der Waals surface area contributed by atoms with Crippen molar-refractivity contribution in [3.05, 3.63) is 36.4 Å². The van der Waals surface area contributed by atoms with E-state index in [0.717, 1.165) is 30.6 Å². The standard InChI is InChI=1S/C13H14N2O2/c1-17-12(16)13(6-4-7-13)11-14-9-10-5-2-3-8-15(10)11/h2-3,5,8-9H,4,6-7H2,1H3. The Balaban J connectivity index is 2.17. The molecule has 0 atom stereocenters. The van der Waals surface area contributed by atoms with Gasteiger partial charge in [0.2, 0.25) is 0 Å². The number of fused-ring (bicyclic) bond motifs is 1. The molecular formula is C13H14N2O2. The van der Waals surface area contributed by atoms with Crippen LogP contribution in [0.25, 0.3) is 5.52 Å². The Bertz CT molecular complexity index is 570. The smallest absolute Gasteiger partial charge is 0.319 e. The van der Waals surface area contributed by atoms with Crippen LogP contribution in [0, 0.1) is 0 Å². The molecule has 2 heterocycles. The normalized spacial score (nSPS) is 17.7. The van der Waals surface area contributed by atoms with Crippen molar-refractivity contribution in [2.24, 2.45) is 0 Å². The van der Waals surface area contributed by atoms with Crippen LogP contribution < -0.4 is 0 Å². The van der Waals surface area contributed by atoms with Crippen molar-refractivity contribution >= 4 is 11.5 Å². The molecule has 1 saturated carbocycles. The fourth-order valence-corrected chi connectivity index (χ4v) is 2.54. The number of aromatic nitrogens is 2. The molecule has 0 spiro atoms. The van der Waals surface area contributed by atoms with E-state index in [2.05, 4.69) is 4.98 Å². The SMILES string of the molecule is COC(=O)C1(c2ncc3ccccn23)CCC1. The Morgan fingerprint density at radius 1 is 1.47 bits per heavy atom. The third-order valence-corrected chi connectivity index (χ3v) is 3.65. The zero-order valence-electron chi connectivity index (χ0n) is 9.72. The molecule has 1 fully saturated rings. The topological polar surface area (TPSA) is 43.6 Å². The molecule has 0 N–H and O–H groups in total. The molecule has 17 heavy (non-hydrogen) atoms. The van der Waals surface area contributed by atoms with Crippen LogP contribution in [-0.2, 0) is 14.9 Å². The lowest BCUT2D eigenvalue weighted by Gasteiger charge is -2.37. The number of hydrogen-bond acceptors (Lipinski definition) is 3. The predicted molar refractivity (Wildman–Crippen MR) is 62.7 cm³/mol. The average molecular weight is 230 g/mol. The van der Waals surface area contributed by atoms with Gasteiger partial charge >= 0.3 is 5.97 Å². The minimum atomic E-state index is -0.525. The number of ether oxygens (including phenoxy) is 1. The van der Waals surface area contributed by atoms with E-state index >= 15 is 0 Å². The zero-order chi connectivity index (χ0) is 11.9. The maximum absolute atomic E-state index is 12.0. The molecule has 1 aliphatic rings. The highest BCUT2D eigenvalue weighted by Gasteiger charge is 2.49. The van der Waals surface area contributed by atoms with Crippen molar-refractivity contribution in [2.45, 2.75) is 24.7 Å². The first-order valence-corrected chi connectivity index (χ1v) is 5.79. The second-order valence-corrected chi connectivity index (χ2v) is 4.50. The number of imidazole rings is 1. The van der Waals surface area contributed by atoms with Crippen molar-refractivity contribution in [1.29, 1.82) is 0 Å². The Kier molecular flexibility index (Phi) is 2.18. The quantitative estimate of drug-likeness (QED) is 0.740. The summed E-state index contributed by atoms with van der Waals surface area (Å²) in [6.45, 7) is 0. The van der Waals surface area contributed by atoms with E-state index in [1.807, 2.05) is 28.8 Å². The van der Waals surface area contributed by atoms with Gasteiger partial charge in [-0.15, -0.1) is 0 Å². The Morgan fingerprint density at radius 2 is 2.29 bits per heavy atom. The van der Waals surface area contributed by atoms with Crippen LogP contribution in [0.3, 0.4) is 0 Å². The number of carbonyl (C=O) groups is 1. The van der Waals surface area contributed by atoms with Crippen LogP contribution in [0.4, 0.5) is 0 Å². The van der Waals surface area contributed by atoms with Gasteiger partial charge in [0.05, 0.1) is 18.8 Å². The van der Waals surface area contributed by atoms with Gasteiger partial charge in [0.1, 0.15) is 11.2 Å². The summed E-state index contributed by atoms with van der Waals surface area (Å²) in [7, 11) is 1.44. The van der Waals surface area contributed by atoms with Crippen molar-refractivity contribution in [3.63, 3.8) is 0 Å². The minimum absolute atomic E-state index is 0.167. The maximum atomic E-state index is 12.0. The van der Waals surface area contributed by atoms with Crippen molar-refractivity contribution in [2.75, 3.05) is 7.11 Å². The fourth-order valence-electron chi connectivity index (χ4n) is 2.54. The summed E-state index contributed by atoms with van der Waals surface area (Å²) < 4.78 is 6.92. The second-order valence-electron chi connectivity index (χ2n) is 4.50. The molecule has 0 radical (unpaired) electrons. The van der Waals surface area contributed by atoms with Gasteiger partial charge in [0, 0.05) is 6.20 Å². The first-order valence-electron chi connectivity index (χ1n) is 5.79. The van der Waals surface area contributed by atoms with Gasteiger partial charge in [-0.05, 0) is 25.0 Å². The molecule has 3 rings (SSSR count). The van der Waals surface area contributed by atoms with E-state index in [0.29, 0.717) is 0 Å². The predicted octanol–water partition coefficient (Wildman–Crippen LogP) is 1.93. The van der Waals surface area contributed by atoms with E-state index in [1.54, 1.807) is 6.20 Å². The average Bonchev–Trinajstić information content (AvgIpc) is 2.72. The molecule has 0 aromatic carbocycles. The van der Waals surface area contributed by atoms with Crippen LogP contribution >= 0.6 is 0 Å². The fraction of sp³-hybridized carbons (Fsp3) is 0.385. The summed E-state index contributed by atoms with van der Waals surface area (Å²) in [5.41, 5.74) is 0.486. The minimum Gasteiger partial charge on any atom is -0.468 e. The molecule has 0 aliphatic heterocycles. The van der Waals surface area contributed by atoms with Gasteiger partial charge in [-0.2, -0.15) is 0 Å². The number of esters is 1. The van der Waals surface area contributed by atoms with Crippen molar-refractivity contribution in [3.8, 4) is 0 Å². The van der Waals surface area contributed by atoms with Gasteiger partial charge in [0.15, 0.2) is 0 Å². The molecule has 1 aliphatic carbocycles. The molecule has 0 bridgehead atoms. The number of carbonyl (C=O) groups excluding carboxylic acids is 1. The Morgan fingerprint density at radius 3 is 2.94 bits per heavy atom. The van der Waals surface area contributed by atoms with E-state index in [1.165, 1.54) is 7.11 Å². The molecule has 2 aromatic rings. The van der Waals surface area contributed by atoms with Crippen molar-refractivity contribution < 1.29 is 9.53 Å². The number of nitrogens with zero attached hydrogens (tertiary/aromatic N) is 2. The van der Waals surface area contributed by atoms with Crippen LogP contribution in [0.5, 0.6) is 0 Å². The Hall–Kier alpha value is -1.84. The highest BCUT2D eigenvalue weighted by Crippen LogP contribution is 2.44. The molecule has 88 valence electrons. The molecule has 4 heteroatoms. The third kappa shape index (κ3) is 1.30. The van der Waals surface area contributed by atoms with Crippen LogP contribution in [0.15, 0.2) is 30.6 Å². The summed E-state index contributed by atoms with van der Waals surface area (Å²) in [6.07, 6.45) is 6.46. The number of rotatable bonds is 2. The molecule has 0 unspecified atom stereocenters. The van der Waals surface area contributed by atoms with E-state index in [-0.39, 0.29) is 5.97 Å². The summed E-state index contributed by atoms with van der Waals surface area (Å²) >= 11 is 0. The van der Waals surface area contributed by atoms with Crippen LogP contribution in [0.1, 0.15) is 25.1 Å². The monoisotopic (exact) mass is 230 g/mol. The van der Waals surface area contributed by atoms with Crippen LogP contribution in [0.2, 0.25) is 0 Å². The molecular weight excluding hydrogens is 216 g/mol. The first-order chi connectivity index (χ1) is 8.28. The van der Waals surface area contributed by atoms with Gasteiger partial charge in [-0.1, -0.05) is 12.5 Å². The van der Waals surface area contributed by atoms with E-state index in [9.17, 15) is 4.79 Å². The zero-order valence-corrected chi connectivity index (χ0v) is 9.72. The third-order valence-electron chi connectivity index (χ3n) is 3.65. The number of pyridine rings is 1. The van der Waals surface area contributed by atoms with E-state index < -0.39 is 5.41 Å². The highest BCUT2D eigenvalue weighted by atomic mass is 16.5. The lowest BCUT2D eigenvalue weighted by Crippen LogP contribution is -2.44. The van der Waals surface area contributed by atoms with Gasteiger partial charge in [0.25, 0.3) is 0 Å². The summed E-state index contributed by atoms with van der Waals surface area (Å²) in [4.78, 5) is 16.4. The molecule has 0 saturated heterocycles. The maximum Gasteiger partial charge on any atom is 0.319 e. The van der Waals surface area contributed by atoms with E-state index in [4.69, 9.17) is 4.74 Å². The van der Waals surface area contributed by atoms with Gasteiger partial charge in [-0.25, -0.2) is 4.98 Å². The summed E-state index contributed by atoms with van der Waals surface area (Å²) in [5.74, 6) is 0.645. The Labute approximate surface area is 99.2 Å². The number of hydrogen-bond donors (Lipinski definition) is 0. The number of methoxy groups -OCH3 is 1. The summed E-state index contributed by atoms with van der Waals surface area (Å²) in [5, 5.41) is 0. The highest BCUT2D eigenvalue weighted by molar-refractivity contribution is 5.83. The lowest BCUT2D eigenvalue weighted by molar-refractivity contribution is -0.151. The van der Waals surface area contributed by atoms with Gasteiger partial charge < -0.3 is 9.14 Å². The second kappa shape index (κ2) is 3.58. The van der Waals surface area contributed by atoms with Crippen molar-refractivity contribution in [1.82, 2.24) is 9.38 Å². The van der Waals surface area contributed by atoms with Crippen LogP contribution in [-0.4, -0.2) is 22.5 Å². The first kappa shape index (κ1) is 10.3. The molecule has 0 amide bonds. The lowest BCUT2D eigenvalue weighted by atomic mass is 9.68. The largest absolute Gasteiger partial charge is 0.468 e. The van der Waals surface area contributed by atoms with Gasteiger partial charge in [-0.3, -0.25) is 4.79 Å². The molecule has 4 nitrogen and oxygen atoms in total. The summed E-state index contributed by atoms with van der Waals surface area (Å²) in [6, 6.07) is 5.90.